The van der Waals surface area contributed by atoms with Crippen LogP contribution in [0.15, 0.2) is 51.8 Å². The van der Waals surface area contributed by atoms with E-state index in [0.717, 1.165) is 47.0 Å². The van der Waals surface area contributed by atoms with Crippen molar-refractivity contribution in [2.24, 2.45) is 10.9 Å². The zero-order valence-corrected chi connectivity index (χ0v) is 23.1. The van der Waals surface area contributed by atoms with E-state index in [1.54, 1.807) is 12.1 Å². The molecule has 0 atom stereocenters. The molecule has 206 valence electrons. The first kappa shape index (κ1) is 29.3. The average Bonchev–Trinajstić information content (AvgIpc) is 3.72. The summed E-state index contributed by atoms with van der Waals surface area (Å²) in [4.78, 5) is 4.89. The van der Waals surface area contributed by atoms with Crippen molar-refractivity contribution in [2.75, 3.05) is 0 Å². The Hall–Kier alpha value is -2.24. The zero-order chi connectivity index (χ0) is 26.8. The number of ether oxygens (including phenoxy) is 1. The molecule has 3 aliphatic rings. The number of nitrogens with zero attached hydrogens (tertiary/aromatic N) is 1. The number of nitrogens with one attached hydrogen (secondary N) is 1. The molecule has 0 radical (unpaired) electrons. The first-order valence-corrected chi connectivity index (χ1v) is 14.2. The maximum absolute atomic E-state index is 12.4. The van der Waals surface area contributed by atoms with Crippen LogP contribution in [-0.4, -0.2) is 18.1 Å². The Kier molecular flexibility index (Phi) is 11.1. The summed E-state index contributed by atoms with van der Waals surface area (Å²) in [6.07, 6.45) is 12.7. The second-order valence-electron chi connectivity index (χ2n) is 11.0. The van der Waals surface area contributed by atoms with E-state index in [2.05, 4.69) is 30.8 Å². The van der Waals surface area contributed by atoms with Crippen LogP contribution in [0.2, 0.25) is 0 Å². The highest BCUT2D eigenvalue weighted by molar-refractivity contribution is 5.99. The summed E-state index contributed by atoms with van der Waals surface area (Å²) in [6, 6.07) is 6.37. The highest BCUT2D eigenvalue weighted by Crippen LogP contribution is 2.36. The number of aliphatic imine (C=N–C) groups is 1. The van der Waals surface area contributed by atoms with Crippen LogP contribution in [0.25, 0.3) is 0 Å². The number of benzene rings is 1. The van der Waals surface area contributed by atoms with Gasteiger partial charge in [0.15, 0.2) is 0 Å². The Bertz CT molecular complexity index is 938. The third-order valence-electron chi connectivity index (χ3n) is 7.60. The third-order valence-corrected chi connectivity index (χ3v) is 7.60. The molecule has 37 heavy (non-hydrogen) atoms. The van der Waals surface area contributed by atoms with Gasteiger partial charge < -0.3 is 10.1 Å². The standard InChI is InChI=1S/C23H29F3N2O.C8H16/c1-15(2)21(22(18-9-10-18)28-19-7-5-4-6-8-19)27-16(3)17-11-13-20(14-12-17)29-23(24,25)26;1-2-8-6-4-3-5-7-8/h11-14,19,28H,4-10H2,1-3H3;8H,2-7H2,1H3. The van der Waals surface area contributed by atoms with Gasteiger partial charge in [-0.1, -0.05) is 64.7 Å². The summed E-state index contributed by atoms with van der Waals surface area (Å²) < 4.78 is 41.0. The fraction of sp³-hybridized carbons (Fsp3) is 0.645. The lowest BCUT2D eigenvalue weighted by molar-refractivity contribution is -0.274. The van der Waals surface area contributed by atoms with E-state index in [0.29, 0.717) is 6.04 Å². The summed E-state index contributed by atoms with van der Waals surface area (Å²) in [5.74, 6) is 0.861. The van der Waals surface area contributed by atoms with Crippen LogP contribution < -0.4 is 10.1 Å². The van der Waals surface area contributed by atoms with Crippen molar-refractivity contribution in [3.8, 4) is 5.75 Å². The van der Waals surface area contributed by atoms with Gasteiger partial charge in [-0.05, 0) is 93.3 Å². The van der Waals surface area contributed by atoms with Gasteiger partial charge in [-0.25, -0.2) is 0 Å². The van der Waals surface area contributed by atoms with Gasteiger partial charge in [-0.3, -0.25) is 4.99 Å². The molecule has 1 N–H and O–H groups in total. The summed E-state index contributed by atoms with van der Waals surface area (Å²) >= 11 is 0. The number of hydrogen-bond acceptors (Lipinski definition) is 3. The minimum atomic E-state index is -4.68. The molecule has 4 rings (SSSR count). The topological polar surface area (TPSA) is 33.6 Å². The van der Waals surface area contributed by atoms with Crippen molar-refractivity contribution in [2.45, 2.75) is 124 Å². The molecule has 6 heteroatoms. The predicted octanol–water partition coefficient (Wildman–Crippen LogP) is 9.63. The average molecular weight is 519 g/mol. The molecule has 0 aliphatic heterocycles. The van der Waals surface area contributed by atoms with Crippen molar-refractivity contribution < 1.29 is 17.9 Å². The SMILES string of the molecule is CC(=NC(=C(C)C)C(NC1CCCCC1)=C1CC1)c1ccc(OC(F)(F)F)cc1.CCC1CCCCC1. The van der Waals surface area contributed by atoms with Crippen molar-refractivity contribution in [1.29, 1.82) is 0 Å². The van der Waals surface area contributed by atoms with Gasteiger partial charge >= 0.3 is 6.36 Å². The lowest BCUT2D eigenvalue weighted by Crippen LogP contribution is -2.31. The maximum atomic E-state index is 12.4. The van der Waals surface area contributed by atoms with E-state index >= 15 is 0 Å². The molecule has 0 saturated heterocycles. The molecule has 3 fully saturated rings. The Labute approximate surface area is 221 Å². The van der Waals surface area contributed by atoms with Crippen LogP contribution in [-0.2, 0) is 0 Å². The van der Waals surface area contributed by atoms with Crippen LogP contribution in [0.5, 0.6) is 5.75 Å². The van der Waals surface area contributed by atoms with Crippen LogP contribution in [0.4, 0.5) is 13.2 Å². The summed E-state index contributed by atoms with van der Waals surface area (Å²) in [7, 11) is 0. The highest BCUT2D eigenvalue weighted by atomic mass is 19.4. The molecule has 0 spiro atoms. The number of hydrogen-bond donors (Lipinski definition) is 1. The Morgan fingerprint density at radius 1 is 0.892 bits per heavy atom. The Balaban J connectivity index is 0.000000405. The smallest absolute Gasteiger partial charge is 0.406 e. The van der Waals surface area contributed by atoms with Crippen molar-refractivity contribution in [1.82, 2.24) is 5.32 Å². The highest BCUT2D eigenvalue weighted by Gasteiger charge is 2.31. The van der Waals surface area contributed by atoms with Gasteiger partial charge in [-0.2, -0.15) is 0 Å². The lowest BCUT2D eigenvalue weighted by Gasteiger charge is -2.26. The molecule has 0 bridgehead atoms. The predicted molar refractivity (Wildman–Crippen MR) is 147 cm³/mol. The van der Waals surface area contributed by atoms with Crippen LogP contribution in [0.3, 0.4) is 0 Å². The molecule has 0 unspecified atom stereocenters. The Morgan fingerprint density at radius 3 is 1.92 bits per heavy atom. The first-order chi connectivity index (χ1) is 17.7. The molecule has 0 amide bonds. The minimum absolute atomic E-state index is 0.226. The van der Waals surface area contributed by atoms with Gasteiger partial charge in [0.2, 0.25) is 0 Å². The van der Waals surface area contributed by atoms with Gasteiger partial charge in [0.25, 0.3) is 0 Å². The van der Waals surface area contributed by atoms with E-state index in [4.69, 9.17) is 4.99 Å². The van der Waals surface area contributed by atoms with Gasteiger partial charge in [0.05, 0.1) is 11.4 Å². The van der Waals surface area contributed by atoms with E-state index < -0.39 is 6.36 Å². The number of alkyl halides is 3. The lowest BCUT2D eigenvalue weighted by atomic mass is 9.88. The Morgan fingerprint density at radius 2 is 1.46 bits per heavy atom. The summed E-state index contributed by atoms with van der Waals surface area (Å²) in [6.45, 7) is 8.31. The fourth-order valence-corrected chi connectivity index (χ4v) is 5.24. The molecule has 0 aromatic heterocycles. The van der Waals surface area contributed by atoms with E-state index in [1.165, 1.54) is 88.3 Å². The third kappa shape index (κ3) is 10.2. The van der Waals surface area contributed by atoms with Gasteiger partial charge in [0, 0.05) is 11.8 Å². The second-order valence-corrected chi connectivity index (χ2v) is 11.0. The fourth-order valence-electron chi connectivity index (χ4n) is 5.24. The first-order valence-electron chi connectivity index (χ1n) is 14.2. The van der Waals surface area contributed by atoms with Crippen LogP contribution >= 0.6 is 0 Å². The van der Waals surface area contributed by atoms with Gasteiger partial charge in [0.1, 0.15) is 5.75 Å². The van der Waals surface area contributed by atoms with Crippen molar-refractivity contribution in [3.05, 3.63) is 52.4 Å². The van der Waals surface area contributed by atoms with E-state index in [-0.39, 0.29) is 5.75 Å². The van der Waals surface area contributed by atoms with Crippen LogP contribution in [0, 0.1) is 5.92 Å². The van der Waals surface area contributed by atoms with E-state index in [1.807, 2.05) is 6.92 Å². The van der Waals surface area contributed by atoms with Gasteiger partial charge in [-0.15, -0.1) is 13.2 Å². The largest absolute Gasteiger partial charge is 0.573 e. The monoisotopic (exact) mass is 518 g/mol. The normalized spacial score (nSPS) is 19.0. The molecule has 1 aromatic rings. The zero-order valence-electron chi connectivity index (χ0n) is 23.1. The molecule has 3 saturated carbocycles. The number of rotatable bonds is 7. The maximum Gasteiger partial charge on any atom is 0.573 e. The molecular weight excluding hydrogens is 473 g/mol. The van der Waals surface area contributed by atoms with Crippen LogP contribution in [0.1, 0.15) is 117 Å². The molecule has 3 aliphatic carbocycles. The molecular formula is C31H45F3N2O. The number of halogens is 3. The van der Waals surface area contributed by atoms with Crippen molar-refractivity contribution in [3.63, 3.8) is 0 Å². The molecule has 3 nitrogen and oxygen atoms in total. The second kappa shape index (κ2) is 14.1. The number of allylic oxidation sites excluding steroid dienone is 2. The molecule has 1 aromatic carbocycles. The van der Waals surface area contributed by atoms with E-state index in [9.17, 15) is 13.2 Å². The molecule has 0 heterocycles. The summed E-state index contributed by atoms with van der Waals surface area (Å²) in [5, 5.41) is 3.76. The minimum Gasteiger partial charge on any atom is -0.406 e. The quantitative estimate of drug-likeness (QED) is 0.365. The van der Waals surface area contributed by atoms with Crippen molar-refractivity contribution >= 4 is 5.71 Å². The summed E-state index contributed by atoms with van der Waals surface area (Å²) in [5.41, 5.74) is 6.20.